The molecule has 96 valence electrons. The number of hydrogen-bond acceptors (Lipinski definition) is 2. The van der Waals surface area contributed by atoms with Gasteiger partial charge in [-0.25, -0.2) is 0 Å². The number of alkyl halides is 5. The number of nitrogens with zero attached hydrogens (tertiary/aromatic N) is 2. The summed E-state index contributed by atoms with van der Waals surface area (Å²) < 4.78 is 36.2. The summed E-state index contributed by atoms with van der Waals surface area (Å²) in [4.78, 5) is 11.9. The number of hydrogen-bond donors (Lipinski definition) is 0. The zero-order chi connectivity index (χ0) is 13.6. The lowest BCUT2D eigenvalue weighted by atomic mass is 10.2. The Hall–Kier alpha value is -0.890. The zero-order valence-electron chi connectivity index (χ0n) is 8.58. The van der Waals surface area contributed by atoms with Crippen molar-refractivity contribution in [3.63, 3.8) is 0 Å². The largest absolute Gasteiger partial charge is 0.434 e. The highest BCUT2D eigenvalue weighted by molar-refractivity contribution is 9.26. The molecule has 0 aliphatic carbocycles. The van der Waals surface area contributed by atoms with Gasteiger partial charge in [0.05, 0.1) is 5.69 Å². The van der Waals surface area contributed by atoms with Crippen molar-refractivity contribution in [3.05, 3.63) is 30.3 Å². The van der Waals surface area contributed by atoms with Crippen molar-refractivity contribution >= 4 is 49.2 Å². The average molecular weight is 386 g/mol. The molecule has 1 aliphatic rings. The second-order valence-corrected chi connectivity index (χ2v) is 6.92. The van der Waals surface area contributed by atoms with Crippen molar-refractivity contribution in [3.8, 4) is 0 Å². The lowest BCUT2D eigenvalue weighted by Crippen LogP contribution is -2.41. The topological polar surface area (TPSA) is 32.7 Å². The van der Waals surface area contributed by atoms with Crippen molar-refractivity contribution in [2.24, 2.45) is 5.10 Å². The molecule has 0 saturated carbocycles. The van der Waals surface area contributed by atoms with E-state index >= 15 is 0 Å². The summed E-state index contributed by atoms with van der Waals surface area (Å²) in [5.41, 5.74) is -0.964. The first-order valence-electron chi connectivity index (χ1n) is 4.68. The molecular formula is C10H5Br2F3N2O. The number of benzene rings is 1. The average Bonchev–Trinajstić information content (AvgIpc) is 2.52. The third-order valence-corrected chi connectivity index (χ3v) is 3.66. The number of hydrazone groups is 1. The molecule has 18 heavy (non-hydrogen) atoms. The molecule has 2 rings (SSSR count). The van der Waals surface area contributed by atoms with Gasteiger partial charge in [-0.3, -0.25) is 4.79 Å². The molecule has 0 atom stereocenters. The first-order chi connectivity index (χ1) is 8.24. The molecule has 0 aromatic heterocycles. The van der Waals surface area contributed by atoms with Crippen molar-refractivity contribution in [1.82, 2.24) is 0 Å². The van der Waals surface area contributed by atoms with Gasteiger partial charge in [0.15, 0.2) is 5.71 Å². The van der Waals surface area contributed by atoms with Gasteiger partial charge in [-0.15, -0.1) is 0 Å². The van der Waals surface area contributed by atoms with Crippen LogP contribution in [0.5, 0.6) is 0 Å². The molecule has 3 nitrogen and oxygen atoms in total. The number of halogens is 5. The quantitative estimate of drug-likeness (QED) is 0.681. The maximum Gasteiger partial charge on any atom is 0.434 e. The van der Waals surface area contributed by atoms with Crippen LogP contribution in [0.4, 0.5) is 18.9 Å². The summed E-state index contributed by atoms with van der Waals surface area (Å²) in [6.07, 6.45) is -4.70. The van der Waals surface area contributed by atoms with Gasteiger partial charge in [0.25, 0.3) is 5.91 Å². The van der Waals surface area contributed by atoms with Crippen molar-refractivity contribution in [1.29, 1.82) is 0 Å². The van der Waals surface area contributed by atoms with E-state index in [4.69, 9.17) is 0 Å². The molecule has 1 amide bonds. The Bertz CT molecular complexity index is 514. The SMILES string of the molecule is O=C1N(c2ccccc2)N=C(C(F)(F)F)C1(Br)Br. The van der Waals surface area contributed by atoms with Crippen molar-refractivity contribution < 1.29 is 18.0 Å². The number of rotatable bonds is 1. The molecule has 0 radical (unpaired) electrons. The summed E-state index contributed by atoms with van der Waals surface area (Å²) in [7, 11) is 0. The Labute approximate surface area is 117 Å². The second kappa shape index (κ2) is 4.34. The highest BCUT2D eigenvalue weighted by Crippen LogP contribution is 2.43. The molecular weight excluding hydrogens is 381 g/mol. The molecule has 8 heteroatoms. The van der Waals surface area contributed by atoms with Crippen LogP contribution >= 0.6 is 31.9 Å². The number of anilines is 1. The summed E-state index contributed by atoms with van der Waals surface area (Å²) in [6, 6.07) is 7.89. The monoisotopic (exact) mass is 384 g/mol. The normalized spacial score (nSPS) is 19.1. The lowest BCUT2D eigenvalue weighted by molar-refractivity contribution is -0.117. The Morgan fingerprint density at radius 2 is 1.72 bits per heavy atom. The molecule has 0 unspecified atom stereocenters. The third-order valence-electron chi connectivity index (χ3n) is 2.23. The first kappa shape index (κ1) is 13.5. The van der Waals surface area contributed by atoms with Gasteiger partial charge in [-0.05, 0) is 12.1 Å². The number of para-hydroxylation sites is 1. The van der Waals surface area contributed by atoms with E-state index in [0.717, 1.165) is 0 Å². The van der Waals surface area contributed by atoms with Crippen LogP contribution in [0, 0.1) is 0 Å². The van der Waals surface area contributed by atoms with Crippen LogP contribution in [0.1, 0.15) is 0 Å². The van der Waals surface area contributed by atoms with Crippen LogP contribution in [-0.4, -0.2) is 21.0 Å². The van der Waals surface area contributed by atoms with E-state index in [1.165, 1.54) is 12.1 Å². The lowest BCUT2D eigenvalue weighted by Gasteiger charge is -2.16. The molecule has 0 N–H and O–H groups in total. The molecule has 1 aliphatic heterocycles. The Morgan fingerprint density at radius 1 is 1.17 bits per heavy atom. The Balaban J connectivity index is 2.48. The predicted molar refractivity (Wildman–Crippen MR) is 68.0 cm³/mol. The van der Waals surface area contributed by atoms with E-state index in [-0.39, 0.29) is 5.69 Å². The molecule has 0 saturated heterocycles. The molecule has 0 bridgehead atoms. The fraction of sp³-hybridized carbons (Fsp3) is 0.200. The van der Waals surface area contributed by atoms with Crippen LogP contribution in [0.25, 0.3) is 0 Å². The summed E-state index contributed by atoms with van der Waals surface area (Å²) in [6.45, 7) is 0. The highest BCUT2D eigenvalue weighted by atomic mass is 79.9. The fourth-order valence-corrected chi connectivity index (χ4v) is 2.37. The van der Waals surface area contributed by atoms with E-state index in [1.807, 2.05) is 0 Å². The number of carbonyl (C=O) groups excluding carboxylic acids is 1. The van der Waals surface area contributed by atoms with Crippen LogP contribution in [0.15, 0.2) is 35.4 Å². The summed E-state index contributed by atoms with van der Waals surface area (Å²) in [5.74, 6) is -0.846. The van der Waals surface area contributed by atoms with Gasteiger partial charge in [-0.2, -0.15) is 23.3 Å². The standard InChI is InChI=1S/C10H5Br2F3N2O/c11-9(12)7(10(13,14)15)16-17(8(9)18)6-4-2-1-3-5-6/h1-5H. The van der Waals surface area contributed by atoms with E-state index in [0.29, 0.717) is 5.01 Å². The van der Waals surface area contributed by atoms with E-state index < -0.39 is 21.0 Å². The second-order valence-electron chi connectivity index (χ2n) is 3.47. The highest BCUT2D eigenvalue weighted by Gasteiger charge is 2.58. The van der Waals surface area contributed by atoms with Crippen LogP contribution < -0.4 is 5.01 Å². The van der Waals surface area contributed by atoms with Gasteiger partial charge in [0.1, 0.15) is 0 Å². The molecule has 0 spiro atoms. The molecule has 1 aromatic rings. The van der Waals surface area contributed by atoms with Crippen molar-refractivity contribution in [2.45, 2.75) is 9.41 Å². The maximum absolute atomic E-state index is 12.7. The minimum absolute atomic E-state index is 0.269. The molecule has 1 heterocycles. The minimum atomic E-state index is -4.70. The minimum Gasteiger partial charge on any atom is -0.269 e. The molecule has 0 fully saturated rings. The van der Waals surface area contributed by atoms with Gasteiger partial charge in [0, 0.05) is 0 Å². The van der Waals surface area contributed by atoms with Crippen molar-refractivity contribution in [2.75, 3.05) is 5.01 Å². The van der Waals surface area contributed by atoms with E-state index in [9.17, 15) is 18.0 Å². The molecule has 1 aromatic carbocycles. The Morgan fingerprint density at radius 3 is 2.17 bits per heavy atom. The van der Waals surface area contributed by atoms with E-state index in [1.54, 1.807) is 18.2 Å². The maximum atomic E-state index is 12.7. The van der Waals surface area contributed by atoms with Crippen LogP contribution in [0.3, 0.4) is 0 Å². The fourth-order valence-electron chi connectivity index (χ4n) is 1.42. The Kier molecular flexibility index (Phi) is 3.26. The van der Waals surface area contributed by atoms with Gasteiger partial charge in [0.2, 0.25) is 3.23 Å². The number of amides is 1. The summed E-state index contributed by atoms with van der Waals surface area (Å²) in [5, 5.41) is 4.06. The number of carbonyl (C=O) groups is 1. The van der Waals surface area contributed by atoms with Gasteiger partial charge in [-0.1, -0.05) is 50.1 Å². The van der Waals surface area contributed by atoms with Gasteiger partial charge >= 0.3 is 6.18 Å². The predicted octanol–water partition coefficient (Wildman–Crippen LogP) is 3.44. The zero-order valence-corrected chi connectivity index (χ0v) is 11.8. The van der Waals surface area contributed by atoms with E-state index in [2.05, 4.69) is 37.0 Å². The van der Waals surface area contributed by atoms with Crippen LogP contribution in [-0.2, 0) is 4.79 Å². The third kappa shape index (κ3) is 2.18. The smallest absolute Gasteiger partial charge is 0.269 e. The first-order valence-corrected chi connectivity index (χ1v) is 6.27. The summed E-state index contributed by atoms with van der Waals surface area (Å²) >= 11 is 5.44. The van der Waals surface area contributed by atoms with Crippen LogP contribution in [0.2, 0.25) is 0 Å². The van der Waals surface area contributed by atoms with Gasteiger partial charge < -0.3 is 0 Å².